The highest BCUT2D eigenvalue weighted by Gasteiger charge is 2.06. The van der Waals surface area contributed by atoms with Gasteiger partial charge in [0.15, 0.2) is 0 Å². The first-order valence-corrected chi connectivity index (χ1v) is 6.65. The number of aromatic amines is 1. The van der Waals surface area contributed by atoms with E-state index in [1.54, 1.807) is 24.4 Å². The van der Waals surface area contributed by atoms with Gasteiger partial charge in [0.05, 0.1) is 4.90 Å². The minimum Gasteiger partial charge on any atom is -0.477 e. The number of H-pyrrole nitrogens is 1. The summed E-state index contributed by atoms with van der Waals surface area (Å²) in [5.74, 6) is -0.921. The number of aryl methyl sites for hydroxylation is 1. The molecule has 0 unspecified atom stereocenters. The summed E-state index contributed by atoms with van der Waals surface area (Å²) in [5, 5.41) is 8.24. The molecule has 0 spiro atoms. The molecule has 0 bridgehead atoms. The Hall–Kier alpha value is -2.12. The second-order valence-electron chi connectivity index (χ2n) is 3.68. The molecular formula is C12H13NO5S. The molecule has 0 radical (unpaired) electrons. The van der Waals surface area contributed by atoms with Gasteiger partial charge < -0.3 is 10.1 Å². The van der Waals surface area contributed by atoms with E-state index in [1.165, 1.54) is 18.2 Å². The number of aromatic carboxylic acids is 1. The van der Waals surface area contributed by atoms with Crippen LogP contribution in [-0.2, 0) is 10.1 Å². The molecule has 0 atom stereocenters. The molecule has 102 valence electrons. The van der Waals surface area contributed by atoms with Crippen molar-refractivity contribution in [3.63, 3.8) is 0 Å². The lowest BCUT2D eigenvalue weighted by Gasteiger charge is -1.95. The van der Waals surface area contributed by atoms with Crippen LogP contribution in [0.4, 0.5) is 0 Å². The maximum Gasteiger partial charge on any atom is 0.352 e. The van der Waals surface area contributed by atoms with Crippen molar-refractivity contribution < 1.29 is 22.9 Å². The molecule has 2 rings (SSSR count). The van der Waals surface area contributed by atoms with Gasteiger partial charge in [-0.3, -0.25) is 4.55 Å². The molecule has 19 heavy (non-hydrogen) atoms. The van der Waals surface area contributed by atoms with Gasteiger partial charge in [-0.05, 0) is 31.2 Å². The molecule has 3 N–H and O–H groups in total. The zero-order valence-electron chi connectivity index (χ0n) is 10.1. The highest BCUT2D eigenvalue weighted by Crippen LogP contribution is 2.08. The fourth-order valence-corrected chi connectivity index (χ4v) is 1.65. The lowest BCUT2D eigenvalue weighted by atomic mass is 10.2. The first kappa shape index (κ1) is 14.9. The molecule has 0 fully saturated rings. The SMILES string of the molecule is Cc1ccc(S(=O)(=O)O)cc1.O=C(O)c1ccc[nH]1. The van der Waals surface area contributed by atoms with Gasteiger partial charge >= 0.3 is 5.97 Å². The van der Waals surface area contributed by atoms with E-state index in [0.29, 0.717) is 0 Å². The van der Waals surface area contributed by atoms with Crippen LogP contribution >= 0.6 is 0 Å². The van der Waals surface area contributed by atoms with Crippen LogP contribution in [0.5, 0.6) is 0 Å². The van der Waals surface area contributed by atoms with Crippen molar-refractivity contribution in [2.24, 2.45) is 0 Å². The number of rotatable bonds is 2. The Bertz CT molecular complexity index is 629. The Morgan fingerprint density at radius 1 is 1.16 bits per heavy atom. The smallest absolute Gasteiger partial charge is 0.352 e. The summed E-state index contributed by atoms with van der Waals surface area (Å²) in [5.41, 5.74) is 1.18. The van der Waals surface area contributed by atoms with Gasteiger partial charge in [-0.15, -0.1) is 0 Å². The Labute approximate surface area is 110 Å². The Morgan fingerprint density at radius 3 is 2.05 bits per heavy atom. The van der Waals surface area contributed by atoms with Crippen molar-refractivity contribution in [2.45, 2.75) is 11.8 Å². The molecule has 0 saturated heterocycles. The number of carboxylic acid groups (broad SMARTS) is 1. The second-order valence-corrected chi connectivity index (χ2v) is 5.10. The zero-order chi connectivity index (χ0) is 14.5. The molecular weight excluding hydrogens is 270 g/mol. The summed E-state index contributed by atoms with van der Waals surface area (Å²) in [6.45, 7) is 1.84. The Kier molecular flexibility index (Phi) is 4.85. The Morgan fingerprint density at radius 2 is 1.74 bits per heavy atom. The fraction of sp³-hybridized carbons (Fsp3) is 0.0833. The van der Waals surface area contributed by atoms with Crippen LogP contribution in [0.2, 0.25) is 0 Å². The summed E-state index contributed by atoms with van der Waals surface area (Å²) < 4.78 is 29.6. The van der Waals surface area contributed by atoms with Crippen molar-refractivity contribution in [1.29, 1.82) is 0 Å². The average molecular weight is 283 g/mol. The van der Waals surface area contributed by atoms with Crippen molar-refractivity contribution in [2.75, 3.05) is 0 Å². The summed E-state index contributed by atoms with van der Waals surface area (Å²) >= 11 is 0. The van der Waals surface area contributed by atoms with E-state index in [-0.39, 0.29) is 10.6 Å². The fourth-order valence-electron chi connectivity index (χ4n) is 1.17. The lowest BCUT2D eigenvalue weighted by molar-refractivity contribution is 0.0691. The van der Waals surface area contributed by atoms with Gasteiger partial charge in [0, 0.05) is 6.20 Å². The third-order valence-corrected chi connectivity index (χ3v) is 3.02. The van der Waals surface area contributed by atoms with Gasteiger partial charge in [0.2, 0.25) is 0 Å². The number of carbonyl (C=O) groups is 1. The number of hydrogen-bond acceptors (Lipinski definition) is 3. The highest BCUT2D eigenvalue weighted by molar-refractivity contribution is 7.85. The molecule has 0 aliphatic carbocycles. The van der Waals surface area contributed by atoms with Gasteiger partial charge in [-0.1, -0.05) is 17.7 Å². The summed E-state index contributed by atoms with van der Waals surface area (Å²) in [6.07, 6.45) is 1.57. The summed E-state index contributed by atoms with van der Waals surface area (Å²) in [7, 11) is -4.02. The number of aromatic nitrogens is 1. The molecule has 1 heterocycles. The van der Waals surface area contributed by atoms with E-state index in [2.05, 4.69) is 4.98 Å². The number of benzene rings is 1. The maximum atomic E-state index is 10.5. The highest BCUT2D eigenvalue weighted by atomic mass is 32.2. The summed E-state index contributed by atoms with van der Waals surface area (Å²) in [6, 6.07) is 9.13. The molecule has 0 amide bonds. The third kappa shape index (κ3) is 4.94. The first-order chi connectivity index (χ1) is 8.80. The molecule has 0 aliphatic heterocycles. The topological polar surface area (TPSA) is 107 Å². The van der Waals surface area contributed by atoms with Crippen molar-refractivity contribution in [3.8, 4) is 0 Å². The predicted octanol–water partition coefficient (Wildman–Crippen LogP) is 1.95. The van der Waals surface area contributed by atoms with Crippen molar-refractivity contribution in [3.05, 3.63) is 53.9 Å². The van der Waals surface area contributed by atoms with Crippen LogP contribution in [-0.4, -0.2) is 29.0 Å². The van der Waals surface area contributed by atoms with Gasteiger partial charge in [0.1, 0.15) is 5.69 Å². The Balaban J connectivity index is 0.000000200. The van der Waals surface area contributed by atoms with E-state index in [0.717, 1.165) is 5.56 Å². The quantitative estimate of drug-likeness (QED) is 0.730. The van der Waals surface area contributed by atoms with E-state index in [9.17, 15) is 13.2 Å². The monoisotopic (exact) mass is 283 g/mol. The molecule has 1 aromatic carbocycles. The standard InChI is InChI=1S/C7H8O3S.C5H5NO2/c1-6-2-4-7(5-3-6)11(8,9)10;7-5(8)4-2-1-3-6-4/h2-5H,1H3,(H,8,9,10);1-3,6H,(H,7,8). The average Bonchev–Trinajstić information content (AvgIpc) is 2.82. The number of nitrogens with one attached hydrogen (secondary N) is 1. The lowest BCUT2D eigenvalue weighted by Crippen LogP contribution is -1.96. The largest absolute Gasteiger partial charge is 0.477 e. The van der Waals surface area contributed by atoms with E-state index in [1.807, 2.05) is 6.92 Å². The van der Waals surface area contributed by atoms with E-state index in [4.69, 9.17) is 9.66 Å². The molecule has 0 aliphatic rings. The van der Waals surface area contributed by atoms with Crippen LogP contribution in [0.1, 0.15) is 16.1 Å². The minimum absolute atomic E-state index is 0.0666. The van der Waals surface area contributed by atoms with Crippen LogP contribution in [0.15, 0.2) is 47.5 Å². The van der Waals surface area contributed by atoms with Gasteiger partial charge in [0.25, 0.3) is 10.1 Å². The molecule has 0 saturated carbocycles. The molecule has 2 aromatic rings. The van der Waals surface area contributed by atoms with E-state index >= 15 is 0 Å². The van der Waals surface area contributed by atoms with Crippen molar-refractivity contribution in [1.82, 2.24) is 4.98 Å². The normalized spacial score (nSPS) is 10.4. The molecule has 7 heteroatoms. The second kappa shape index (κ2) is 6.17. The van der Waals surface area contributed by atoms with Crippen LogP contribution in [0.3, 0.4) is 0 Å². The van der Waals surface area contributed by atoms with Crippen LogP contribution in [0.25, 0.3) is 0 Å². The molecule has 1 aromatic heterocycles. The van der Waals surface area contributed by atoms with E-state index < -0.39 is 16.1 Å². The number of hydrogen-bond donors (Lipinski definition) is 3. The van der Waals surface area contributed by atoms with Gasteiger partial charge in [-0.2, -0.15) is 8.42 Å². The third-order valence-electron chi connectivity index (χ3n) is 2.15. The van der Waals surface area contributed by atoms with Gasteiger partial charge in [-0.25, -0.2) is 4.79 Å². The van der Waals surface area contributed by atoms with Crippen molar-refractivity contribution >= 4 is 16.1 Å². The predicted molar refractivity (Wildman–Crippen MR) is 68.7 cm³/mol. The summed E-state index contributed by atoms with van der Waals surface area (Å²) in [4.78, 5) is 12.5. The van der Waals surface area contributed by atoms with Crippen LogP contribution in [0, 0.1) is 6.92 Å². The van der Waals surface area contributed by atoms with Crippen LogP contribution < -0.4 is 0 Å². The zero-order valence-corrected chi connectivity index (χ0v) is 10.9. The first-order valence-electron chi connectivity index (χ1n) is 5.21. The maximum absolute atomic E-state index is 10.5. The minimum atomic E-state index is -4.02. The molecule has 6 nitrogen and oxygen atoms in total. The number of carboxylic acids is 1.